The maximum absolute atomic E-state index is 6.07. The summed E-state index contributed by atoms with van der Waals surface area (Å²) in [7, 11) is 0. The van der Waals surface area contributed by atoms with Crippen molar-refractivity contribution in [3.8, 4) is 17.2 Å². The Morgan fingerprint density at radius 1 is 0.862 bits per heavy atom. The van der Waals surface area contributed by atoms with E-state index in [0.29, 0.717) is 19.8 Å². The Bertz CT molecular complexity index is 922. The molecule has 3 nitrogen and oxygen atoms in total. The van der Waals surface area contributed by atoms with Crippen molar-refractivity contribution in [2.24, 2.45) is 0 Å². The van der Waals surface area contributed by atoms with E-state index in [1.54, 1.807) is 0 Å². The largest absolute Gasteiger partial charge is 0.493 e. The second-order valence-electron chi connectivity index (χ2n) is 7.52. The summed E-state index contributed by atoms with van der Waals surface area (Å²) >= 11 is 2.33. The van der Waals surface area contributed by atoms with Crippen LogP contribution < -0.4 is 9.47 Å². The van der Waals surface area contributed by atoms with Crippen molar-refractivity contribution < 1.29 is 14.2 Å². The van der Waals surface area contributed by atoms with E-state index in [2.05, 4.69) is 54.6 Å². The summed E-state index contributed by atoms with van der Waals surface area (Å²) < 4.78 is 18.8. The molecule has 0 aliphatic rings. The molecule has 3 aromatic carbocycles. The van der Waals surface area contributed by atoms with Crippen molar-refractivity contribution in [3.05, 3.63) is 87.5 Å². The Hall–Kier alpha value is -2.05. The average Bonchev–Trinajstić information content (AvgIpc) is 2.70. The normalized spacial score (nSPS) is 11.3. The van der Waals surface area contributed by atoms with Gasteiger partial charge in [-0.3, -0.25) is 0 Å². The lowest BCUT2D eigenvalue weighted by Crippen LogP contribution is -2.24. The summed E-state index contributed by atoms with van der Waals surface area (Å²) in [5.74, 6) is 2.58. The molecule has 4 heteroatoms. The van der Waals surface area contributed by atoms with E-state index < -0.39 is 0 Å². The van der Waals surface area contributed by atoms with Crippen molar-refractivity contribution >= 4 is 22.6 Å². The third kappa shape index (κ3) is 6.21. The molecule has 0 N–H and O–H groups in total. The molecule has 0 aliphatic heterocycles. The summed E-state index contributed by atoms with van der Waals surface area (Å²) in [6.07, 6.45) is 0. The lowest BCUT2D eigenvalue weighted by Gasteiger charge is -2.26. The molecular formula is C25H27IO3. The number of halogens is 1. The van der Waals surface area contributed by atoms with E-state index in [9.17, 15) is 0 Å². The van der Waals surface area contributed by atoms with Crippen LogP contribution in [0.15, 0.2) is 72.8 Å². The van der Waals surface area contributed by atoms with Gasteiger partial charge in [0.2, 0.25) is 0 Å². The van der Waals surface area contributed by atoms with Crippen LogP contribution in [0, 0.1) is 3.57 Å². The average molecular weight is 502 g/mol. The molecule has 0 unspecified atom stereocenters. The SMILES string of the molecule is CCOc1ccc(C(C)(C)COCc2cccc(Oc3ccccc3)c2)cc1I. The van der Waals surface area contributed by atoms with Gasteiger partial charge in [0.15, 0.2) is 0 Å². The Morgan fingerprint density at radius 3 is 2.34 bits per heavy atom. The third-order valence-corrected chi connectivity index (χ3v) is 5.47. The van der Waals surface area contributed by atoms with E-state index in [1.807, 2.05) is 61.5 Å². The molecule has 29 heavy (non-hydrogen) atoms. The lowest BCUT2D eigenvalue weighted by atomic mass is 9.85. The molecule has 3 rings (SSSR count). The Labute approximate surface area is 187 Å². The van der Waals surface area contributed by atoms with E-state index >= 15 is 0 Å². The second kappa shape index (κ2) is 10.1. The van der Waals surface area contributed by atoms with Gasteiger partial charge in [0.05, 0.1) is 23.4 Å². The van der Waals surface area contributed by atoms with E-state index in [1.165, 1.54) is 5.56 Å². The number of hydrogen-bond donors (Lipinski definition) is 0. The molecule has 0 aliphatic carbocycles. The summed E-state index contributed by atoms with van der Waals surface area (Å²) in [5, 5.41) is 0. The number of rotatable bonds is 9. The minimum absolute atomic E-state index is 0.0944. The zero-order valence-corrected chi connectivity index (χ0v) is 19.3. The molecule has 0 fully saturated rings. The van der Waals surface area contributed by atoms with Gasteiger partial charge < -0.3 is 14.2 Å². The quantitative estimate of drug-likeness (QED) is 0.296. The van der Waals surface area contributed by atoms with Crippen molar-refractivity contribution in [1.29, 1.82) is 0 Å². The highest BCUT2D eigenvalue weighted by Gasteiger charge is 2.22. The zero-order valence-electron chi connectivity index (χ0n) is 17.2. The van der Waals surface area contributed by atoms with Crippen LogP contribution in [0.25, 0.3) is 0 Å². The van der Waals surface area contributed by atoms with Crippen LogP contribution in [0.5, 0.6) is 17.2 Å². The smallest absolute Gasteiger partial charge is 0.132 e. The Morgan fingerprint density at radius 2 is 1.62 bits per heavy atom. The van der Waals surface area contributed by atoms with Gasteiger partial charge >= 0.3 is 0 Å². The molecule has 0 spiro atoms. The molecule has 0 saturated heterocycles. The first-order valence-corrected chi connectivity index (χ1v) is 10.9. The monoisotopic (exact) mass is 502 g/mol. The first-order chi connectivity index (χ1) is 14.0. The number of benzene rings is 3. The Balaban J connectivity index is 1.59. The fourth-order valence-corrected chi connectivity index (χ4v) is 3.70. The standard InChI is InChI=1S/C25H27IO3/c1-4-28-24-14-13-20(16-23(24)26)25(2,3)18-27-17-19-9-8-12-22(15-19)29-21-10-6-5-7-11-21/h5-16H,4,17-18H2,1-3H3. The van der Waals surface area contributed by atoms with E-state index in [0.717, 1.165) is 26.4 Å². The number of ether oxygens (including phenoxy) is 3. The minimum atomic E-state index is -0.0944. The molecule has 0 radical (unpaired) electrons. The van der Waals surface area contributed by atoms with Gasteiger partial charge in [-0.2, -0.15) is 0 Å². The van der Waals surface area contributed by atoms with Gasteiger partial charge in [0.1, 0.15) is 17.2 Å². The fourth-order valence-electron chi connectivity index (χ4n) is 3.03. The first-order valence-electron chi connectivity index (χ1n) is 9.80. The summed E-state index contributed by atoms with van der Waals surface area (Å²) in [6.45, 7) is 8.25. The molecule has 0 heterocycles. The summed E-state index contributed by atoms with van der Waals surface area (Å²) in [6, 6.07) is 24.2. The van der Waals surface area contributed by atoms with Gasteiger partial charge in [-0.1, -0.05) is 50.2 Å². The molecule has 0 saturated carbocycles. The predicted molar refractivity (Wildman–Crippen MR) is 126 cm³/mol. The van der Waals surface area contributed by atoms with Crippen LogP contribution in [0.1, 0.15) is 31.9 Å². The molecular weight excluding hydrogens is 475 g/mol. The van der Waals surface area contributed by atoms with Gasteiger partial charge in [0.25, 0.3) is 0 Å². The highest BCUT2D eigenvalue weighted by atomic mass is 127. The second-order valence-corrected chi connectivity index (χ2v) is 8.68. The summed E-state index contributed by atoms with van der Waals surface area (Å²) in [4.78, 5) is 0. The van der Waals surface area contributed by atoms with Crippen molar-refractivity contribution in [2.75, 3.05) is 13.2 Å². The lowest BCUT2D eigenvalue weighted by molar-refractivity contribution is 0.0823. The van der Waals surface area contributed by atoms with Crippen LogP contribution in [0.4, 0.5) is 0 Å². The molecule has 152 valence electrons. The summed E-state index contributed by atoms with van der Waals surface area (Å²) in [5.41, 5.74) is 2.24. The van der Waals surface area contributed by atoms with Crippen LogP contribution in [-0.4, -0.2) is 13.2 Å². The van der Waals surface area contributed by atoms with Gasteiger partial charge in [0, 0.05) is 5.41 Å². The number of para-hydroxylation sites is 1. The van der Waals surface area contributed by atoms with Gasteiger partial charge in [-0.05, 0) is 77.0 Å². The molecule has 0 bridgehead atoms. The van der Waals surface area contributed by atoms with E-state index in [4.69, 9.17) is 14.2 Å². The molecule has 3 aromatic rings. The van der Waals surface area contributed by atoms with Crippen molar-refractivity contribution in [2.45, 2.75) is 32.8 Å². The maximum Gasteiger partial charge on any atom is 0.132 e. The highest BCUT2D eigenvalue weighted by molar-refractivity contribution is 14.1. The minimum Gasteiger partial charge on any atom is -0.493 e. The Kier molecular flexibility index (Phi) is 7.56. The van der Waals surface area contributed by atoms with Crippen LogP contribution in [0.3, 0.4) is 0 Å². The molecule has 0 aromatic heterocycles. The molecule has 0 amide bonds. The number of hydrogen-bond acceptors (Lipinski definition) is 3. The van der Waals surface area contributed by atoms with E-state index in [-0.39, 0.29) is 5.41 Å². The molecule has 0 atom stereocenters. The third-order valence-electron chi connectivity index (χ3n) is 4.62. The zero-order chi connectivity index (χ0) is 20.7. The van der Waals surface area contributed by atoms with Gasteiger partial charge in [-0.15, -0.1) is 0 Å². The van der Waals surface area contributed by atoms with Crippen molar-refractivity contribution in [3.63, 3.8) is 0 Å². The first kappa shape index (κ1) is 21.7. The van der Waals surface area contributed by atoms with Crippen LogP contribution in [-0.2, 0) is 16.8 Å². The maximum atomic E-state index is 6.07. The fraction of sp³-hybridized carbons (Fsp3) is 0.280. The highest BCUT2D eigenvalue weighted by Crippen LogP contribution is 2.30. The topological polar surface area (TPSA) is 27.7 Å². The van der Waals surface area contributed by atoms with Gasteiger partial charge in [-0.25, -0.2) is 0 Å². The van der Waals surface area contributed by atoms with Crippen LogP contribution >= 0.6 is 22.6 Å². The predicted octanol–water partition coefficient (Wildman–Crippen LogP) is 6.98. The van der Waals surface area contributed by atoms with Crippen LogP contribution in [0.2, 0.25) is 0 Å². The van der Waals surface area contributed by atoms with Crippen molar-refractivity contribution in [1.82, 2.24) is 0 Å².